The first-order valence-electron chi connectivity index (χ1n) is 8.07. The van der Waals surface area contributed by atoms with Gasteiger partial charge in [-0.05, 0) is 63.7 Å². The predicted octanol–water partition coefficient (Wildman–Crippen LogP) is 3.95. The van der Waals surface area contributed by atoms with Gasteiger partial charge >= 0.3 is 7.12 Å². The summed E-state index contributed by atoms with van der Waals surface area (Å²) in [5.74, 6) is 0.647. The minimum Gasteiger partial charge on any atom is -0.468 e. The lowest BCUT2D eigenvalue weighted by Gasteiger charge is -2.32. The fourth-order valence-electron chi connectivity index (χ4n) is 2.53. The number of ether oxygens (including phenoxy) is 2. The summed E-state index contributed by atoms with van der Waals surface area (Å²) in [7, 11) is 1.12. The van der Waals surface area contributed by atoms with E-state index in [1.807, 2.05) is 39.8 Å². The third kappa shape index (κ3) is 4.28. The molecule has 1 aromatic rings. The summed E-state index contributed by atoms with van der Waals surface area (Å²) in [5, 5.41) is 1.57. The zero-order valence-electron chi connectivity index (χ0n) is 14.9. The van der Waals surface area contributed by atoms with Crippen LogP contribution in [0.2, 0.25) is 5.02 Å². The maximum atomic E-state index is 6.52. The quantitative estimate of drug-likeness (QED) is 0.381. The van der Waals surface area contributed by atoms with Gasteiger partial charge in [-0.1, -0.05) is 27.5 Å². The van der Waals surface area contributed by atoms with E-state index in [0.717, 1.165) is 29.2 Å². The van der Waals surface area contributed by atoms with E-state index in [0.29, 0.717) is 10.8 Å². The van der Waals surface area contributed by atoms with Gasteiger partial charge in [0.05, 0.1) is 11.2 Å². The first kappa shape index (κ1) is 20.1. The summed E-state index contributed by atoms with van der Waals surface area (Å²) < 4.78 is 23.0. The van der Waals surface area contributed by atoms with Gasteiger partial charge in [0.25, 0.3) is 0 Å². The average molecular weight is 420 g/mol. The topological polar surface area (TPSA) is 36.9 Å². The van der Waals surface area contributed by atoms with Crippen LogP contribution in [0.4, 0.5) is 0 Å². The lowest BCUT2D eigenvalue weighted by atomic mass is 9.75. The first-order chi connectivity index (χ1) is 11.2. The zero-order chi connectivity index (χ0) is 18.0. The molecule has 1 aromatic carbocycles. The van der Waals surface area contributed by atoms with Crippen LogP contribution in [0.3, 0.4) is 0 Å². The standard InChI is InChI=1S/C17H25BBrClO4/c1-16(2)17(3,4)24-18(23-16)14-9-12(22-11-21-5)10-15(20)13(14)7-6-8-19/h9-10H,6-8,11H2,1-5H3. The van der Waals surface area contributed by atoms with Crippen LogP contribution in [0.1, 0.15) is 39.7 Å². The van der Waals surface area contributed by atoms with Crippen molar-refractivity contribution in [2.45, 2.75) is 51.7 Å². The molecule has 24 heavy (non-hydrogen) atoms. The highest BCUT2D eigenvalue weighted by Crippen LogP contribution is 2.37. The molecule has 0 amide bonds. The van der Waals surface area contributed by atoms with Crippen molar-refractivity contribution in [1.29, 1.82) is 0 Å². The molecule has 0 saturated carbocycles. The highest BCUT2D eigenvalue weighted by Gasteiger charge is 2.52. The monoisotopic (exact) mass is 418 g/mol. The smallest absolute Gasteiger partial charge is 0.468 e. The molecule has 0 unspecified atom stereocenters. The van der Waals surface area contributed by atoms with Crippen molar-refractivity contribution in [3.8, 4) is 5.75 Å². The molecule has 1 saturated heterocycles. The highest BCUT2D eigenvalue weighted by atomic mass is 79.9. The number of methoxy groups -OCH3 is 1. The van der Waals surface area contributed by atoms with Crippen molar-refractivity contribution in [3.63, 3.8) is 0 Å². The normalized spacial score (nSPS) is 18.9. The van der Waals surface area contributed by atoms with Crippen molar-refractivity contribution >= 4 is 40.1 Å². The Balaban J connectivity index is 2.39. The van der Waals surface area contributed by atoms with Gasteiger partial charge < -0.3 is 18.8 Å². The molecule has 0 N–H and O–H groups in total. The van der Waals surface area contributed by atoms with Crippen molar-refractivity contribution in [3.05, 3.63) is 22.7 Å². The Morgan fingerprint density at radius 3 is 2.33 bits per heavy atom. The van der Waals surface area contributed by atoms with Crippen molar-refractivity contribution < 1.29 is 18.8 Å². The van der Waals surface area contributed by atoms with Gasteiger partial charge in [0, 0.05) is 17.5 Å². The molecule has 1 fully saturated rings. The second kappa shape index (κ2) is 7.96. The first-order valence-corrected chi connectivity index (χ1v) is 9.57. The second-order valence-corrected chi connectivity index (χ2v) is 8.10. The van der Waals surface area contributed by atoms with Crippen LogP contribution in [0.5, 0.6) is 5.75 Å². The van der Waals surface area contributed by atoms with Crippen LogP contribution in [0.25, 0.3) is 0 Å². The number of alkyl halides is 1. The SMILES string of the molecule is COCOc1cc(Cl)c(CCCBr)c(B2OC(C)(C)C(C)(C)O2)c1. The van der Waals surface area contributed by atoms with Crippen LogP contribution in [-0.2, 0) is 20.5 Å². The molecular formula is C17H25BBrClO4. The Morgan fingerprint density at radius 1 is 1.17 bits per heavy atom. The maximum absolute atomic E-state index is 6.52. The van der Waals surface area contributed by atoms with Crippen molar-refractivity contribution in [1.82, 2.24) is 0 Å². The third-order valence-electron chi connectivity index (χ3n) is 4.61. The van der Waals surface area contributed by atoms with E-state index in [9.17, 15) is 0 Å². The lowest BCUT2D eigenvalue weighted by Crippen LogP contribution is -2.41. The number of hydrogen-bond donors (Lipinski definition) is 0. The fraction of sp³-hybridized carbons (Fsp3) is 0.647. The maximum Gasteiger partial charge on any atom is 0.495 e. The molecule has 0 atom stereocenters. The Morgan fingerprint density at radius 2 is 1.79 bits per heavy atom. The minimum absolute atomic E-state index is 0.167. The Kier molecular flexibility index (Phi) is 6.65. The number of benzene rings is 1. The number of rotatable bonds is 7. The van der Waals surface area contributed by atoms with Crippen LogP contribution in [-0.4, -0.2) is 37.6 Å². The Hall–Kier alpha value is -0.265. The molecule has 7 heteroatoms. The van der Waals surface area contributed by atoms with Gasteiger partial charge in [-0.25, -0.2) is 0 Å². The summed E-state index contributed by atoms with van der Waals surface area (Å²) in [6, 6.07) is 3.76. The molecule has 1 heterocycles. The van der Waals surface area contributed by atoms with E-state index >= 15 is 0 Å². The fourth-order valence-corrected chi connectivity index (χ4v) is 3.12. The van der Waals surface area contributed by atoms with Gasteiger partial charge in [-0.15, -0.1) is 0 Å². The van der Waals surface area contributed by atoms with Crippen molar-refractivity contribution in [2.75, 3.05) is 19.2 Å². The second-order valence-electron chi connectivity index (χ2n) is 6.90. The van der Waals surface area contributed by atoms with Crippen LogP contribution in [0.15, 0.2) is 12.1 Å². The van der Waals surface area contributed by atoms with E-state index in [1.165, 1.54) is 0 Å². The van der Waals surface area contributed by atoms with E-state index < -0.39 is 18.3 Å². The molecule has 0 bridgehead atoms. The molecule has 0 radical (unpaired) electrons. The van der Waals surface area contributed by atoms with Crippen LogP contribution < -0.4 is 10.2 Å². The molecule has 4 nitrogen and oxygen atoms in total. The summed E-state index contributed by atoms with van der Waals surface area (Å²) in [6.45, 7) is 8.33. The van der Waals surface area contributed by atoms with E-state index in [-0.39, 0.29) is 6.79 Å². The predicted molar refractivity (Wildman–Crippen MR) is 102 cm³/mol. The van der Waals surface area contributed by atoms with Gasteiger partial charge in [-0.3, -0.25) is 0 Å². The highest BCUT2D eigenvalue weighted by molar-refractivity contribution is 9.09. The van der Waals surface area contributed by atoms with Crippen LogP contribution in [0, 0.1) is 0 Å². The Bertz CT molecular complexity index is 564. The molecular weight excluding hydrogens is 394 g/mol. The zero-order valence-corrected chi connectivity index (χ0v) is 17.3. The molecule has 0 aromatic heterocycles. The van der Waals surface area contributed by atoms with Crippen LogP contribution >= 0.6 is 27.5 Å². The molecule has 134 valence electrons. The summed E-state index contributed by atoms with van der Waals surface area (Å²) in [4.78, 5) is 0. The van der Waals surface area contributed by atoms with E-state index in [4.69, 9.17) is 30.4 Å². The summed E-state index contributed by atoms with van der Waals surface area (Å²) in [5.41, 5.74) is 1.16. The Labute approximate surface area is 158 Å². The molecule has 1 aliphatic rings. The van der Waals surface area contributed by atoms with Gasteiger partial charge in [0.2, 0.25) is 0 Å². The molecule has 0 spiro atoms. The van der Waals surface area contributed by atoms with Gasteiger partial charge in [0.1, 0.15) is 5.75 Å². The summed E-state index contributed by atoms with van der Waals surface area (Å²) in [6.07, 6.45) is 1.82. The number of hydrogen-bond acceptors (Lipinski definition) is 4. The molecule has 1 aliphatic heterocycles. The largest absolute Gasteiger partial charge is 0.495 e. The lowest BCUT2D eigenvalue weighted by molar-refractivity contribution is 0.00578. The third-order valence-corrected chi connectivity index (χ3v) is 5.51. The van der Waals surface area contributed by atoms with E-state index in [2.05, 4.69) is 15.9 Å². The van der Waals surface area contributed by atoms with Gasteiger partial charge in [0.15, 0.2) is 6.79 Å². The molecule has 2 rings (SSSR count). The number of halogens is 2. The van der Waals surface area contributed by atoms with Gasteiger partial charge in [-0.2, -0.15) is 0 Å². The van der Waals surface area contributed by atoms with E-state index in [1.54, 1.807) is 7.11 Å². The average Bonchev–Trinajstić information content (AvgIpc) is 2.71. The van der Waals surface area contributed by atoms with Crippen molar-refractivity contribution in [2.24, 2.45) is 0 Å². The molecule has 0 aliphatic carbocycles. The summed E-state index contributed by atoms with van der Waals surface area (Å²) >= 11 is 10.0. The minimum atomic E-state index is -0.469.